The minimum absolute atomic E-state index is 0.318. The molecule has 1 aromatic heterocycles. The van der Waals surface area contributed by atoms with Gasteiger partial charge in [0.05, 0.1) is 11.4 Å². The first-order chi connectivity index (χ1) is 9.71. The summed E-state index contributed by atoms with van der Waals surface area (Å²) >= 11 is 5.69. The summed E-state index contributed by atoms with van der Waals surface area (Å²) in [7, 11) is 1.93. The third kappa shape index (κ3) is 4.42. The molecule has 6 nitrogen and oxygen atoms in total. The van der Waals surface area contributed by atoms with E-state index in [0.717, 1.165) is 6.42 Å². The van der Waals surface area contributed by atoms with Crippen LogP contribution >= 0.6 is 11.6 Å². The van der Waals surface area contributed by atoms with Gasteiger partial charge in [0.2, 0.25) is 10.0 Å². The summed E-state index contributed by atoms with van der Waals surface area (Å²) in [6, 6.07) is 0. The Bertz CT molecular complexity index is 569. The smallest absolute Gasteiger partial charge is 0.246 e. The van der Waals surface area contributed by atoms with Crippen molar-refractivity contribution in [2.24, 2.45) is 0 Å². The van der Waals surface area contributed by atoms with Gasteiger partial charge in [0.1, 0.15) is 4.90 Å². The fraction of sp³-hybridized carbons (Fsp3) is 0.769. The standard InChI is InChI=1S/C13H25ClN4O2S/c1-11-13(12(2)18(15-11)8-6-7-14)21(19,20)17(5)10-9-16(3)4/h6-10H2,1-5H3. The second kappa shape index (κ2) is 7.58. The Hall–Kier alpha value is -0.630. The van der Waals surface area contributed by atoms with Crippen molar-refractivity contribution in [1.29, 1.82) is 0 Å². The molecule has 1 heterocycles. The van der Waals surface area contributed by atoms with E-state index in [4.69, 9.17) is 11.6 Å². The summed E-state index contributed by atoms with van der Waals surface area (Å²) in [6.45, 7) is 5.28. The van der Waals surface area contributed by atoms with Gasteiger partial charge in [-0.15, -0.1) is 11.6 Å². The van der Waals surface area contributed by atoms with Crippen molar-refractivity contribution in [3.8, 4) is 0 Å². The van der Waals surface area contributed by atoms with Crippen LogP contribution in [0.1, 0.15) is 17.8 Å². The number of likely N-dealkylation sites (N-methyl/N-ethyl adjacent to an activating group) is 2. The van der Waals surface area contributed by atoms with Crippen LogP contribution in [0, 0.1) is 13.8 Å². The number of halogens is 1. The van der Waals surface area contributed by atoms with Crippen LogP contribution in [0.4, 0.5) is 0 Å². The molecule has 21 heavy (non-hydrogen) atoms. The number of hydrogen-bond acceptors (Lipinski definition) is 4. The molecule has 0 aliphatic heterocycles. The number of aromatic nitrogens is 2. The molecule has 122 valence electrons. The van der Waals surface area contributed by atoms with Crippen LogP contribution in [0.15, 0.2) is 4.90 Å². The number of hydrogen-bond donors (Lipinski definition) is 0. The summed E-state index contributed by atoms with van der Waals surface area (Å²) in [5.74, 6) is 0.531. The van der Waals surface area contributed by atoms with E-state index in [1.165, 1.54) is 4.31 Å². The van der Waals surface area contributed by atoms with Crippen LogP contribution in [0.3, 0.4) is 0 Å². The van der Waals surface area contributed by atoms with Crippen molar-refractivity contribution in [1.82, 2.24) is 19.0 Å². The van der Waals surface area contributed by atoms with Crippen LogP contribution in [-0.2, 0) is 16.6 Å². The van der Waals surface area contributed by atoms with Gasteiger partial charge in [0.25, 0.3) is 0 Å². The maximum Gasteiger partial charge on any atom is 0.246 e. The molecule has 0 aromatic carbocycles. The van der Waals surface area contributed by atoms with Crippen molar-refractivity contribution < 1.29 is 8.42 Å². The SMILES string of the molecule is Cc1nn(CCCCl)c(C)c1S(=O)(=O)N(C)CCN(C)C. The minimum Gasteiger partial charge on any atom is -0.308 e. The normalized spacial score (nSPS) is 12.6. The molecule has 0 fully saturated rings. The Morgan fingerprint density at radius 2 is 1.81 bits per heavy atom. The van der Waals surface area contributed by atoms with E-state index in [1.807, 2.05) is 19.0 Å². The first-order valence-corrected chi connectivity index (χ1v) is 8.90. The van der Waals surface area contributed by atoms with E-state index < -0.39 is 10.0 Å². The van der Waals surface area contributed by atoms with Crippen molar-refractivity contribution in [2.75, 3.05) is 40.1 Å². The molecule has 0 radical (unpaired) electrons. The second-order valence-corrected chi connectivity index (χ2v) is 7.76. The summed E-state index contributed by atoms with van der Waals surface area (Å²) in [6.07, 6.45) is 0.763. The summed E-state index contributed by atoms with van der Waals surface area (Å²) in [5, 5.41) is 4.33. The van der Waals surface area contributed by atoms with E-state index in [2.05, 4.69) is 5.10 Å². The van der Waals surface area contributed by atoms with Crippen molar-refractivity contribution in [3.05, 3.63) is 11.4 Å². The third-order valence-corrected chi connectivity index (χ3v) is 5.73. The zero-order valence-corrected chi connectivity index (χ0v) is 15.0. The van der Waals surface area contributed by atoms with Gasteiger partial charge in [-0.25, -0.2) is 8.42 Å². The van der Waals surface area contributed by atoms with Gasteiger partial charge < -0.3 is 4.90 Å². The van der Waals surface area contributed by atoms with Gasteiger partial charge in [-0.05, 0) is 34.4 Å². The summed E-state index contributed by atoms with van der Waals surface area (Å²) in [5.41, 5.74) is 1.22. The lowest BCUT2D eigenvalue weighted by Gasteiger charge is -2.19. The molecule has 0 aliphatic rings. The number of rotatable bonds is 8. The highest BCUT2D eigenvalue weighted by Gasteiger charge is 2.28. The van der Waals surface area contributed by atoms with Gasteiger partial charge in [-0.2, -0.15) is 9.40 Å². The van der Waals surface area contributed by atoms with E-state index in [9.17, 15) is 8.42 Å². The fourth-order valence-electron chi connectivity index (χ4n) is 2.10. The van der Waals surface area contributed by atoms with E-state index in [0.29, 0.717) is 41.8 Å². The Balaban J connectivity index is 3.05. The average Bonchev–Trinajstić information content (AvgIpc) is 2.68. The highest BCUT2D eigenvalue weighted by atomic mass is 35.5. The zero-order chi connectivity index (χ0) is 16.2. The average molecular weight is 337 g/mol. The highest BCUT2D eigenvalue weighted by Crippen LogP contribution is 2.22. The quantitative estimate of drug-likeness (QED) is 0.672. The molecule has 0 atom stereocenters. The molecule has 8 heteroatoms. The monoisotopic (exact) mass is 336 g/mol. The van der Waals surface area contributed by atoms with Crippen molar-refractivity contribution in [3.63, 3.8) is 0 Å². The predicted molar refractivity (Wildman–Crippen MR) is 85.4 cm³/mol. The maximum absolute atomic E-state index is 12.7. The Morgan fingerprint density at radius 1 is 1.19 bits per heavy atom. The first kappa shape index (κ1) is 18.4. The number of alkyl halides is 1. The van der Waals surface area contributed by atoms with Gasteiger partial charge in [-0.1, -0.05) is 0 Å². The lowest BCUT2D eigenvalue weighted by molar-refractivity contribution is 0.358. The van der Waals surface area contributed by atoms with Gasteiger partial charge in [0, 0.05) is 32.6 Å². The Labute approximate surface area is 132 Å². The van der Waals surface area contributed by atoms with Crippen molar-refractivity contribution in [2.45, 2.75) is 31.7 Å². The molecule has 0 saturated heterocycles. The summed E-state index contributed by atoms with van der Waals surface area (Å²) < 4.78 is 28.5. The molecule has 0 aliphatic carbocycles. The Kier molecular flexibility index (Phi) is 6.65. The van der Waals surface area contributed by atoms with E-state index in [-0.39, 0.29) is 0 Å². The van der Waals surface area contributed by atoms with Crippen LogP contribution in [0.5, 0.6) is 0 Å². The molecule has 0 N–H and O–H groups in total. The van der Waals surface area contributed by atoms with Crippen molar-refractivity contribution >= 4 is 21.6 Å². The molecular weight excluding hydrogens is 312 g/mol. The molecule has 0 saturated carbocycles. The van der Waals surface area contributed by atoms with Gasteiger partial charge in [0.15, 0.2) is 0 Å². The predicted octanol–water partition coefficient (Wildman–Crippen LogP) is 1.31. The molecule has 0 unspecified atom stereocenters. The lowest BCUT2D eigenvalue weighted by atomic mass is 10.4. The lowest BCUT2D eigenvalue weighted by Crippen LogP contribution is -2.34. The molecule has 1 rings (SSSR count). The maximum atomic E-state index is 12.7. The largest absolute Gasteiger partial charge is 0.308 e. The topological polar surface area (TPSA) is 58.4 Å². The van der Waals surface area contributed by atoms with Crippen LogP contribution in [0.25, 0.3) is 0 Å². The fourth-order valence-corrected chi connectivity index (χ4v) is 3.74. The minimum atomic E-state index is -3.51. The summed E-state index contributed by atoms with van der Waals surface area (Å²) in [4.78, 5) is 2.27. The van der Waals surface area contributed by atoms with E-state index >= 15 is 0 Å². The highest BCUT2D eigenvalue weighted by molar-refractivity contribution is 7.89. The molecule has 0 bridgehead atoms. The zero-order valence-electron chi connectivity index (χ0n) is 13.4. The first-order valence-electron chi connectivity index (χ1n) is 6.92. The van der Waals surface area contributed by atoms with Gasteiger partial charge >= 0.3 is 0 Å². The van der Waals surface area contributed by atoms with Crippen LogP contribution in [-0.4, -0.2) is 67.5 Å². The molecular formula is C13H25ClN4O2S. The number of aryl methyl sites for hydroxylation is 2. The van der Waals surface area contributed by atoms with Crippen LogP contribution in [0.2, 0.25) is 0 Å². The number of nitrogens with zero attached hydrogens (tertiary/aromatic N) is 4. The molecule has 1 aromatic rings. The number of sulfonamides is 1. The molecule has 0 amide bonds. The Morgan fingerprint density at radius 3 is 2.33 bits per heavy atom. The third-order valence-electron chi connectivity index (χ3n) is 3.35. The van der Waals surface area contributed by atoms with Gasteiger partial charge in [-0.3, -0.25) is 4.68 Å². The van der Waals surface area contributed by atoms with E-state index in [1.54, 1.807) is 25.6 Å². The second-order valence-electron chi connectivity index (χ2n) is 5.40. The molecule has 0 spiro atoms. The van der Waals surface area contributed by atoms with Crippen LogP contribution < -0.4 is 0 Å².